The number of amides is 2. The van der Waals surface area contributed by atoms with E-state index in [1.165, 1.54) is 13.1 Å². The molecule has 3 rings (SSSR count). The molecule has 0 unspecified atom stereocenters. The monoisotopic (exact) mass is 470 g/mol. The van der Waals surface area contributed by atoms with Crippen molar-refractivity contribution in [3.63, 3.8) is 0 Å². The molecule has 34 heavy (non-hydrogen) atoms. The van der Waals surface area contributed by atoms with Gasteiger partial charge in [-0.15, -0.1) is 0 Å². The molecule has 0 saturated heterocycles. The lowest BCUT2D eigenvalue weighted by Crippen LogP contribution is -2.27. The summed E-state index contributed by atoms with van der Waals surface area (Å²) in [6.07, 6.45) is 2.93. The van der Waals surface area contributed by atoms with E-state index in [2.05, 4.69) is 10.6 Å². The molecule has 0 saturated carbocycles. The van der Waals surface area contributed by atoms with Crippen molar-refractivity contribution >= 4 is 17.8 Å². The molecule has 0 bridgehead atoms. The Morgan fingerprint density at radius 3 is 2.79 bits per heavy atom. The zero-order valence-electron chi connectivity index (χ0n) is 20.2. The Labute approximate surface area is 200 Å². The van der Waals surface area contributed by atoms with Crippen LogP contribution in [0.1, 0.15) is 69.2 Å². The van der Waals surface area contributed by atoms with Gasteiger partial charge in [0.2, 0.25) is 0 Å². The summed E-state index contributed by atoms with van der Waals surface area (Å²) in [5, 5.41) is 10.2. The number of rotatable bonds is 7. The summed E-state index contributed by atoms with van der Waals surface area (Å²) in [4.78, 5) is 37.2. The zero-order valence-corrected chi connectivity index (χ0v) is 20.2. The lowest BCUT2D eigenvalue weighted by atomic mass is 10.1. The van der Waals surface area contributed by atoms with Crippen LogP contribution >= 0.6 is 0 Å². The second kappa shape index (κ2) is 12.3. The van der Waals surface area contributed by atoms with Crippen LogP contribution in [0.15, 0.2) is 24.3 Å². The summed E-state index contributed by atoms with van der Waals surface area (Å²) >= 11 is 0. The van der Waals surface area contributed by atoms with Crippen molar-refractivity contribution in [3.05, 3.63) is 52.3 Å². The number of ether oxygens (including phenoxy) is 2. The van der Waals surface area contributed by atoms with E-state index < -0.39 is 5.97 Å². The molecular weight excluding hydrogens is 436 g/mol. The van der Waals surface area contributed by atoms with Crippen LogP contribution in [-0.4, -0.2) is 61.0 Å². The molecule has 2 heterocycles. The summed E-state index contributed by atoms with van der Waals surface area (Å²) in [6.45, 7) is 6.52. The highest BCUT2D eigenvalue weighted by Gasteiger charge is 2.24. The van der Waals surface area contributed by atoms with Crippen molar-refractivity contribution < 1.29 is 23.9 Å². The summed E-state index contributed by atoms with van der Waals surface area (Å²) < 4.78 is 13.0. The van der Waals surface area contributed by atoms with E-state index in [4.69, 9.17) is 14.6 Å². The number of carbonyl (C=O) groups is 3. The second-order valence-electron chi connectivity index (χ2n) is 8.49. The summed E-state index contributed by atoms with van der Waals surface area (Å²) in [7, 11) is 1.54. The average Bonchev–Trinajstić information content (AvgIpc) is 3.18. The number of benzene rings is 1. The van der Waals surface area contributed by atoms with Gasteiger partial charge in [-0.2, -0.15) is 5.10 Å². The van der Waals surface area contributed by atoms with Gasteiger partial charge in [0.05, 0.1) is 29.1 Å². The predicted octanol–water partition coefficient (Wildman–Crippen LogP) is 2.38. The molecule has 2 N–H and O–H groups in total. The molecule has 1 aromatic heterocycles. The number of fused-ring (bicyclic) bond motifs is 1. The quantitative estimate of drug-likeness (QED) is 0.601. The second-order valence-corrected chi connectivity index (χ2v) is 8.49. The fourth-order valence-electron chi connectivity index (χ4n) is 3.96. The Bertz CT molecular complexity index is 1020. The van der Waals surface area contributed by atoms with Crippen LogP contribution in [0.2, 0.25) is 0 Å². The number of esters is 1. The Morgan fingerprint density at radius 2 is 2.03 bits per heavy atom. The van der Waals surface area contributed by atoms with E-state index in [-0.39, 0.29) is 24.3 Å². The lowest BCUT2D eigenvalue weighted by molar-refractivity contribution is 0.0435. The van der Waals surface area contributed by atoms with Crippen LogP contribution in [0.3, 0.4) is 0 Å². The van der Waals surface area contributed by atoms with Crippen molar-refractivity contribution in [2.45, 2.75) is 46.1 Å². The highest BCUT2D eigenvalue weighted by molar-refractivity contribution is 5.98. The molecule has 184 valence electrons. The number of nitrogens with zero attached hydrogens (tertiary/aromatic N) is 2. The highest BCUT2D eigenvalue weighted by Crippen LogP contribution is 2.20. The summed E-state index contributed by atoms with van der Waals surface area (Å²) in [6, 6.07) is 6.44. The number of nitrogens with one attached hydrogen (secondary N) is 2. The molecule has 1 atom stereocenters. The first-order valence-electron chi connectivity index (χ1n) is 11.9. The summed E-state index contributed by atoms with van der Waals surface area (Å²) in [5.41, 5.74) is 3.07. The van der Waals surface area contributed by atoms with Gasteiger partial charge < -0.3 is 20.1 Å². The number of hydrogen-bond acceptors (Lipinski definition) is 6. The molecule has 1 aliphatic heterocycles. The molecule has 0 aliphatic carbocycles. The van der Waals surface area contributed by atoms with Gasteiger partial charge >= 0.3 is 5.97 Å². The first kappa shape index (κ1) is 25.4. The van der Waals surface area contributed by atoms with E-state index in [0.717, 1.165) is 24.2 Å². The first-order valence-corrected chi connectivity index (χ1v) is 11.9. The van der Waals surface area contributed by atoms with Gasteiger partial charge in [-0.3, -0.25) is 14.3 Å². The van der Waals surface area contributed by atoms with Crippen molar-refractivity contribution in [3.8, 4) is 0 Å². The molecule has 0 radical (unpaired) electrons. The Kier molecular flexibility index (Phi) is 9.21. The maximum atomic E-state index is 12.9. The van der Waals surface area contributed by atoms with Gasteiger partial charge in [-0.05, 0) is 43.9 Å². The van der Waals surface area contributed by atoms with Gasteiger partial charge in [0, 0.05) is 44.8 Å². The Morgan fingerprint density at radius 1 is 1.26 bits per heavy atom. The van der Waals surface area contributed by atoms with Crippen LogP contribution in [-0.2, 0) is 28.9 Å². The fourth-order valence-corrected chi connectivity index (χ4v) is 3.96. The van der Waals surface area contributed by atoms with E-state index >= 15 is 0 Å². The molecule has 2 amide bonds. The van der Waals surface area contributed by atoms with Crippen LogP contribution in [0.4, 0.5) is 0 Å². The first-order chi connectivity index (χ1) is 16.4. The van der Waals surface area contributed by atoms with E-state index in [9.17, 15) is 14.4 Å². The molecule has 9 heteroatoms. The maximum absolute atomic E-state index is 12.9. The van der Waals surface area contributed by atoms with E-state index in [0.29, 0.717) is 55.8 Å². The SMILES string of the molecule is CCc1nn(C[C@@H](C)COC(=O)c2cccc(C(=O)NC)c2)c2c1C(=O)NCCCOCCC2. The molecule has 1 aromatic carbocycles. The molecule has 9 nitrogen and oxygen atoms in total. The molecule has 0 spiro atoms. The lowest BCUT2D eigenvalue weighted by Gasteiger charge is -2.15. The van der Waals surface area contributed by atoms with Crippen molar-refractivity contribution in [1.82, 2.24) is 20.4 Å². The number of aromatic nitrogens is 2. The molecule has 0 fully saturated rings. The number of carbonyl (C=O) groups excluding carboxylic acids is 3. The van der Waals surface area contributed by atoms with Gasteiger partial charge in [0.25, 0.3) is 11.8 Å². The largest absolute Gasteiger partial charge is 0.462 e. The van der Waals surface area contributed by atoms with Gasteiger partial charge in [-0.25, -0.2) is 4.79 Å². The topological polar surface area (TPSA) is 112 Å². The van der Waals surface area contributed by atoms with Crippen molar-refractivity contribution in [2.24, 2.45) is 5.92 Å². The number of hydrogen-bond donors (Lipinski definition) is 2. The minimum absolute atomic E-state index is 0.0303. The van der Waals surface area contributed by atoms with Gasteiger partial charge in [0.1, 0.15) is 0 Å². The minimum atomic E-state index is -0.483. The van der Waals surface area contributed by atoms with E-state index in [1.54, 1.807) is 18.2 Å². The van der Waals surface area contributed by atoms with Crippen LogP contribution < -0.4 is 10.6 Å². The van der Waals surface area contributed by atoms with E-state index in [1.807, 2.05) is 18.5 Å². The van der Waals surface area contributed by atoms with Crippen molar-refractivity contribution in [2.75, 3.05) is 33.4 Å². The smallest absolute Gasteiger partial charge is 0.338 e. The third kappa shape index (κ3) is 6.44. The normalized spacial score (nSPS) is 15.4. The third-order valence-corrected chi connectivity index (χ3v) is 5.72. The fraction of sp³-hybridized carbons (Fsp3) is 0.520. The average molecular weight is 471 g/mol. The maximum Gasteiger partial charge on any atom is 0.338 e. The third-order valence-electron chi connectivity index (χ3n) is 5.72. The molecule has 1 aliphatic rings. The van der Waals surface area contributed by atoms with Gasteiger partial charge in [0.15, 0.2) is 0 Å². The van der Waals surface area contributed by atoms with Crippen LogP contribution in [0, 0.1) is 5.92 Å². The van der Waals surface area contributed by atoms with Crippen LogP contribution in [0.5, 0.6) is 0 Å². The van der Waals surface area contributed by atoms with Gasteiger partial charge in [-0.1, -0.05) is 19.9 Å². The highest BCUT2D eigenvalue weighted by atomic mass is 16.5. The standard InChI is InChI=1S/C25H34N4O5/c1-4-20-22-21(10-6-12-33-13-7-11-27-24(22)31)29(28-20)15-17(2)16-34-25(32)19-9-5-8-18(14-19)23(30)26-3/h5,8-9,14,17H,4,6-7,10-13,15-16H2,1-3H3,(H,26,30)(H,27,31)/t17-/m1/s1. The molecular formula is C25H34N4O5. The minimum Gasteiger partial charge on any atom is -0.462 e. The van der Waals surface area contributed by atoms with Crippen LogP contribution in [0.25, 0.3) is 0 Å². The van der Waals surface area contributed by atoms with Crippen molar-refractivity contribution in [1.29, 1.82) is 0 Å². The zero-order chi connectivity index (χ0) is 24.5. The predicted molar refractivity (Wildman–Crippen MR) is 127 cm³/mol. The molecule has 2 aromatic rings. The summed E-state index contributed by atoms with van der Waals surface area (Å²) in [5.74, 6) is -0.864. The number of aryl methyl sites for hydroxylation is 1. The Balaban J connectivity index is 1.69. The Hall–Kier alpha value is -3.20.